The summed E-state index contributed by atoms with van der Waals surface area (Å²) in [5.41, 5.74) is 27.0. The molecule has 0 bridgehead atoms. The van der Waals surface area contributed by atoms with Crippen LogP contribution >= 0.6 is 0 Å². The van der Waals surface area contributed by atoms with Crippen LogP contribution in [0.5, 0.6) is 0 Å². The number of rotatable bonds is 8. The zero-order valence-electron chi connectivity index (χ0n) is 44.8. The molecular formula is C76H50N6. The molecule has 0 radical (unpaired) electrons. The highest BCUT2D eigenvalue weighted by molar-refractivity contribution is 6.11. The number of imidazole rings is 3. The van der Waals surface area contributed by atoms with Crippen LogP contribution in [0.4, 0.5) is 0 Å². The summed E-state index contributed by atoms with van der Waals surface area (Å²) in [6.07, 6.45) is 0. The maximum absolute atomic E-state index is 5.50. The Morgan fingerprint density at radius 1 is 0.329 bits per heavy atom. The van der Waals surface area contributed by atoms with Gasteiger partial charge in [0.25, 0.3) is 0 Å². The summed E-state index contributed by atoms with van der Waals surface area (Å²) in [4.78, 5) is 10.9. The van der Waals surface area contributed by atoms with E-state index in [1.54, 1.807) is 0 Å². The minimum atomic E-state index is -0.0541. The summed E-state index contributed by atoms with van der Waals surface area (Å²) in [5.74, 6) is 1.85. The van der Waals surface area contributed by atoms with Gasteiger partial charge in [0.2, 0.25) is 5.78 Å². The predicted octanol–water partition coefficient (Wildman–Crippen LogP) is 19.0. The Morgan fingerprint density at radius 3 is 1.51 bits per heavy atom. The molecule has 0 aliphatic carbocycles. The van der Waals surface area contributed by atoms with Crippen LogP contribution in [0.1, 0.15) is 28.4 Å². The maximum Gasteiger partial charge on any atom is 0.220 e. The minimum Gasteiger partial charge on any atom is -0.309 e. The van der Waals surface area contributed by atoms with Crippen molar-refractivity contribution in [3.63, 3.8) is 0 Å². The third-order valence-corrected chi connectivity index (χ3v) is 17.2. The highest BCUT2D eigenvalue weighted by Gasteiger charge is 2.35. The van der Waals surface area contributed by atoms with E-state index < -0.39 is 0 Å². The van der Waals surface area contributed by atoms with Crippen molar-refractivity contribution < 1.29 is 0 Å². The zero-order valence-corrected chi connectivity index (χ0v) is 44.8. The number of para-hydroxylation sites is 3. The Balaban J connectivity index is 0.974. The molecule has 12 aromatic carbocycles. The normalized spacial score (nSPS) is 13.1. The molecule has 1 unspecified atom stereocenters. The Bertz CT molecular complexity index is 5150. The van der Waals surface area contributed by atoms with Crippen LogP contribution in [0.25, 0.3) is 133 Å². The van der Waals surface area contributed by atoms with E-state index in [-0.39, 0.29) is 5.92 Å². The van der Waals surface area contributed by atoms with Gasteiger partial charge in [0.05, 0.1) is 61.4 Å². The van der Waals surface area contributed by atoms with E-state index in [1.165, 1.54) is 44.2 Å². The average Bonchev–Trinajstić information content (AvgIpc) is 2.41. The van der Waals surface area contributed by atoms with Crippen molar-refractivity contribution in [3.05, 3.63) is 302 Å². The molecule has 1 aliphatic rings. The molecular weight excluding hydrogens is 997 g/mol. The van der Waals surface area contributed by atoms with Crippen molar-refractivity contribution >= 4 is 60.7 Å². The molecule has 6 heteroatoms. The average molecular weight is 1050 g/mol. The summed E-state index contributed by atoms with van der Waals surface area (Å²) < 4.78 is 9.65. The number of aromatic nitrogens is 6. The van der Waals surface area contributed by atoms with Gasteiger partial charge in [0, 0.05) is 22.0 Å². The number of hydrogen-bond acceptors (Lipinski definition) is 2. The molecule has 16 aromatic rings. The first-order valence-corrected chi connectivity index (χ1v) is 28.2. The van der Waals surface area contributed by atoms with Gasteiger partial charge in [-0.05, 0) is 146 Å². The van der Waals surface area contributed by atoms with E-state index in [0.717, 1.165) is 112 Å². The second-order valence-corrected chi connectivity index (χ2v) is 21.7. The fraction of sp³-hybridized carbons (Fsp3) is 0.0263. The van der Waals surface area contributed by atoms with Crippen LogP contribution < -0.4 is 0 Å². The standard InChI is InChI=1S/C76H50N6/c1-48-72(55-38-42-66-70(46-55)82-69-44-54(50-23-9-3-10-24-50)37-41-63(69)78-76(82)79(66)57-29-15-6-16-30-57)61(51-25-11-4-12-26-51)47-71(80-64-33-19-17-31-58(64)59-32-18-20-34-65(59)80)73(48)56-35-39-60-67(45-56)81-68-43-53(49-21-7-2-8-22-49)36-40-62(68)77-75(81)74(60)52-27-13-5-14-28-52/h2-47,74H,1H3. The molecule has 82 heavy (non-hydrogen) atoms. The van der Waals surface area contributed by atoms with Gasteiger partial charge < -0.3 is 4.57 Å². The van der Waals surface area contributed by atoms with Gasteiger partial charge >= 0.3 is 0 Å². The topological polar surface area (TPSA) is 45.0 Å². The molecule has 5 heterocycles. The zero-order chi connectivity index (χ0) is 54.0. The molecule has 0 spiro atoms. The summed E-state index contributed by atoms with van der Waals surface area (Å²) in [5, 5.41) is 2.44. The van der Waals surface area contributed by atoms with Gasteiger partial charge in [-0.2, -0.15) is 0 Å². The number of hydrogen-bond donors (Lipinski definition) is 0. The quantitative estimate of drug-likeness (QED) is 0.152. The van der Waals surface area contributed by atoms with Gasteiger partial charge in [-0.3, -0.25) is 13.5 Å². The first kappa shape index (κ1) is 46.1. The van der Waals surface area contributed by atoms with Crippen LogP contribution in [0.15, 0.2) is 279 Å². The molecule has 0 fully saturated rings. The lowest BCUT2D eigenvalue weighted by atomic mass is 9.84. The molecule has 0 saturated heterocycles. The Hall–Kier alpha value is -10.8. The largest absolute Gasteiger partial charge is 0.309 e. The fourth-order valence-corrected chi connectivity index (χ4v) is 13.6. The Morgan fingerprint density at radius 2 is 0.854 bits per heavy atom. The molecule has 6 nitrogen and oxygen atoms in total. The van der Waals surface area contributed by atoms with Crippen LogP contribution in [0.2, 0.25) is 0 Å². The summed E-state index contributed by atoms with van der Waals surface area (Å²) in [6.45, 7) is 2.35. The van der Waals surface area contributed by atoms with E-state index in [9.17, 15) is 0 Å². The minimum absolute atomic E-state index is 0.0541. The third kappa shape index (κ3) is 6.95. The lowest BCUT2D eigenvalue weighted by molar-refractivity contribution is 0.910. The Labute approximate surface area is 473 Å². The molecule has 1 atom stereocenters. The van der Waals surface area contributed by atoms with Crippen molar-refractivity contribution in [1.82, 2.24) is 28.1 Å². The van der Waals surface area contributed by atoms with E-state index in [4.69, 9.17) is 9.97 Å². The smallest absolute Gasteiger partial charge is 0.220 e. The molecule has 17 rings (SSSR count). The highest BCUT2D eigenvalue weighted by atomic mass is 15.2. The van der Waals surface area contributed by atoms with E-state index in [0.29, 0.717) is 0 Å². The van der Waals surface area contributed by atoms with Crippen LogP contribution in [0, 0.1) is 6.92 Å². The van der Waals surface area contributed by atoms with E-state index in [2.05, 4.69) is 304 Å². The predicted molar refractivity (Wildman–Crippen MR) is 338 cm³/mol. The fourth-order valence-electron chi connectivity index (χ4n) is 13.6. The first-order valence-electron chi connectivity index (χ1n) is 28.2. The van der Waals surface area contributed by atoms with Crippen molar-refractivity contribution in [2.24, 2.45) is 0 Å². The van der Waals surface area contributed by atoms with E-state index in [1.807, 2.05) is 0 Å². The lowest BCUT2D eigenvalue weighted by Crippen LogP contribution is -2.04. The molecule has 0 N–H and O–H groups in total. The number of benzene rings is 12. The first-order chi connectivity index (χ1) is 40.6. The number of fused-ring (bicyclic) bond motifs is 13. The van der Waals surface area contributed by atoms with Crippen molar-refractivity contribution in [3.8, 4) is 72.7 Å². The van der Waals surface area contributed by atoms with Gasteiger partial charge in [0.1, 0.15) is 5.82 Å². The molecule has 1 aliphatic heterocycles. The van der Waals surface area contributed by atoms with Gasteiger partial charge in [-0.25, -0.2) is 9.97 Å². The molecule has 384 valence electrons. The molecule has 0 amide bonds. The van der Waals surface area contributed by atoms with Gasteiger partial charge in [-0.1, -0.05) is 206 Å². The van der Waals surface area contributed by atoms with E-state index >= 15 is 0 Å². The Kier molecular flexibility index (Phi) is 10.2. The van der Waals surface area contributed by atoms with Gasteiger partial charge in [-0.15, -0.1) is 0 Å². The van der Waals surface area contributed by atoms with Gasteiger partial charge in [0.15, 0.2) is 0 Å². The lowest BCUT2D eigenvalue weighted by Gasteiger charge is -2.24. The summed E-state index contributed by atoms with van der Waals surface area (Å²) in [7, 11) is 0. The summed E-state index contributed by atoms with van der Waals surface area (Å²) in [6, 6.07) is 102. The van der Waals surface area contributed by atoms with Crippen LogP contribution in [-0.4, -0.2) is 28.1 Å². The second-order valence-electron chi connectivity index (χ2n) is 21.7. The molecule has 4 aromatic heterocycles. The number of nitrogens with zero attached hydrogens (tertiary/aromatic N) is 6. The SMILES string of the molecule is Cc1c(-c2ccc3c(c2)n2c4cc(-c5ccccc5)ccc4nc2n3-c2ccccc2)c(-c2ccccc2)cc(-n2c3ccccc3c3ccccc32)c1-c1ccc2c(c1)-n1c(nc3ccc(-c4ccccc4)cc31)C2c1ccccc1. The summed E-state index contributed by atoms with van der Waals surface area (Å²) >= 11 is 0. The van der Waals surface area contributed by atoms with Crippen molar-refractivity contribution in [2.75, 3.05) is 0 Å². The van der Waals surface area contributed by atoms with Crippen molar-refractivity contribution in [1.29, 1.82) is 0 Å². The van der Waals surface area contributed by atoms with Crippen LogP contribution in [-0.2, 0) is 0 Å². The third-order valence-electron chi connectivity index (χ3n) is 17.2. The monoisotopic (exact) mass is 1050 g/mol. The molecule has 0 saturated carbocycles. The highest BCUT2D eigenvalue weighted by Crippen LogP contribution is 2.50. The van der Waals surface area contributed by atoms with Crippen molar-refractivity contribution in [2.45, 2.75) is 12.8 Å². The maximum atomic E-state index is 5.50. The second kappa shape index (κ2) is 18.1. The van der Waals surface area contributed by atoms with Crippen LogP contribution in [0.3, 0.4) is 0 Å².